The van der Waals surface area contributed by atoms with Gasteiger partial charge in [-0.05, 0) is 37.1 Å². The smallest absolute Gasteiger partial charge is 0.308 e. The Morgan fingerprint density at radius 2 is 1.76 bits per heavy atom. The van der Waals surface area contributed by atoms with E-state index in [0.717, 1.165) is 48.8 Å². The Labute approximate surface area is 171 Å². The van der Waals surface area contributed by atoms with Crippen LogP contribution in [0.1, 0.15) is 17.5 Å². The first-order valence-corrected chi connectivity index (χ1v) is 9.91. The van der Waals surface area contributed by atoms with Crippen LogP contribution in [0.3, 0.4) is 0 Å². The van der Waals surface area contributed by atoms with Gasteiger partial charge in [-0.15, -0.1) is 0 Å². The number of aromatic nitrogens is 1. The van der Waals surface area contributed by atoms with Crippen molar-refractivity contribution in [3.63, 3.8) is 0 Å². The normalized spacial score (nSPS) is 15.7. The van der Waals surface area contributed by atoms with Gasteiger partial charge in [0.2, 0.25) is 5.91 Å². The summed E-state index contributed by atoms with van der Waals surface area (Å²) in [4.78, 5) is 32.9. The molecule has 1 unspecified atom stereocenters. The van der Waals surface area contributed by atoms with Crippen LogP contribution in [-0.4, -0.2) is 59.6 Å². The number of carbonyl (C=O) groups is 2. The van der Waals surface area contributed by atoms with Crippen LogP contribution in [0.2, 0.25) is 0 Å². The van der Waals surface area contributed by atoms with Crippen molar-refractivity contribution in [2.24, 2.45) is 5.92 Å². The first-order chi connectivity index (χ1) is 13.9. The molecule has 2 heterocycles. The SMILES string of the molecule is Cc1cccc(C)c1NC(=O)CC(CN1CCN(c2ccccn2)CC1)C(=O)O. The lowest BCUT2D eigenvalue weighted by atomic mass is 10.0. The third kappa shape index (κ3) is 5.54. The van der Waals surface area contributed by atoms with Gasteiger partial charge < -0.3 is 15.3 Å². The zero-order valence-corrected chi connectivity index (χ0v) is 17.0. The van der Waals surface area contributed by atoms with Crippen LogP contribution in [0.15, 0.2) is 42.6 Å². The molecular weight excluding hydrogens is 368 g/mol. The molecule has 0 spiro atoms. The summed E-state index contributed by atoms with van der Waals surface area (Å²) in [6.07, 6.45) is 1.74. The minimum Gasteiger partial charge on any atom is -0.481 e. The van der Waals surface area contributed by atoms with Crippen molar-refractivity contribution in [3.05, 3.63) is 53.7 Å². The Balaban J connectivity index is 1.54. The summed E-state index contributed by atoms with van der Waals surface area (Å²) in [5.41, 5.74) is 2.71. The lowest BCUT2D eigenvalue weighted by Crippen LogP contribution is -2.49. The molecule has 1 saturated heterocycles. The highest BCUT2D eigenvalue weighted by molar-refractivity contribution is 5.94. The zero-order valence-electron chi connectivity index (χ0n) is 17.0. The maximum Gasteiger partial charge on any atom is 0.308 e. The molecular formula is C22H28N4O3. The van der Waals surface area contributed by atoms with Gasteiger partial charge in [-0.25, -0.2) is 4.98 Å². The molecule has 2 aromatic rings. The van der Waals surface area contributed by atoms with E-state index in [1.54, 1.807) is 6.20 Å². The highest BCUT2D eigenvalue weighted by atomic mass is 16.4. The number of amides is 1. The molecule has 1 atom stereocenters. The average molecular weight is 396 g/mol. The number of anilines is 2. The molecule has 7 heteroatoms. The Kier molecular flexibility index (Phi) is 6.82. The monoisotopic (exact) mass is 396 g/mol. The van der Waals surface area contributed by atoms with E-state index in [4.69, 9.17) is 0 Å². The van der Waals surface area contributed by atoms with Crippen molar-refractivity contribution in [2.75, 3.05) is 42.9 Å². The summed E-state index contributed by atoms with van der Waals surface area (Å²) in [5, 5.41) is 12.5. The minimum absolute atomic E-state index is 0.0381. The molecule has 0 radical (unpaired) electrons. The molecule has 154 valence electrons. The molecule has 1 aromatic carbocycles. The Morgan fingerprint density at radius 1 is 1.07 bits per heavy atom. The molecule has 1 aromatic heterocycles. The molecule has 3 rings (SSSR count). The fraction of sp³-hybridized carbons (Fsp3) is 0.409. The van der Waals surface area contributed by atoms with Crippen molar-refractivity contribution in [1.82, 2.24) is 9.88 Å². The van der Waals surface area contributed by atoms with Crippen molar-refractivity contribution in [3.8, 4) is 0 Å². The number of nitrogens with zero attached hydrogens (tertiary/aromatic N) is 3. The van der Waals surface area contributed by atoms with Gasteiger partial charge >= 0.3 is 5.97 Å². The Bertz CT molecular complexity index is 828. The number of para-hydroxylation sites is 1. The molecule has 1 fully saturated rings. The number of nitrogens with one attached hydrogen (secondary N) is 1. The lowest BCUT2D eigenvalue weighted by molar-refractivity contribution is -0.144. The summed E-state index contributed by atoms with van der Waals surface area (Å²) in [6.45, 7) is 7.30. The molecule has 1 aliphatic heterocycles. The molecule has 0 saturated carbocycles. The van der Waals surface area contributed by atoms with Crippen LogP contribution < -0.4 is 10.2 Å². The topological polar surface area (TPSA) is 85.8 Å². The summed E-state index contributed by atoms with van der Waals surface area (Å²) >= 11 is 0. The van der Waals surface area contributed by atoms with Crippen molar-refractivity contribution < 1.29 is 14.7 Å². The van der Waals surface area contributed by atoms with E-state index in [0.29, 0.717) is 6.54 Å². The summed E-state index contributed by atoms with van der Waals surface area (Å²) in [6, 6.07) is 11.6. The van der Waals surface area contributed by atoms with Gasteiger partial charge in [-0.1, -0.05) is 24.3 Å². The standard InChI is InChI=1S/C22H28N4O3/c1-16-6-5-7-17(2)21(16)24-20(27)14-18(22(28)29)15-25-10-12-26(13-11-25)19-8-3-4-9-23-19/h3-9,18H,10-15H2,1-2H3,(H,24,27)(H,28,29). The Hall–Kier alpha value is -2.93. The molecule has 0 aliphatic carbocycles. The van der Waals surface area contributed by atoms with E-state index >= 15 is 0 Å². The molecule has 1 amide bonds. The number of carbonyl (C=O) groups excluding carboxylic acids is 1. The fourth-order valence-electron chi connectivity index (χ4n) is 3.67. The number of benzene rings is 1. The van der Waals surface area contributed by atoms with E-state index in [1.807, 2.05) is 50.2 Å². The fourth-order valence-corrected chi connectivity index (χ4v) is 3.67. The highest BCUT2D eigenvalue weighted by Crippen LogP contribution is 2.21. The van der Waals surface area contributed by atoms with E-state index in [9.17, 15) is 14.7 Å². The van der Waals surface area contributed by atoms with Crippen LogP contribution in [-0.2, 0) is 9.59 Å². The number of pyridine rings is 1. The maximum absolute atomic E-state index is 12.5. The predicted molar refractivity (Wildman–Crippen MR) is 113 cm³/mol. The van der Waals surface area contributed by atoms with Crippen molar-refractivity contribution in [1.29, 1.82) is 0 Å². The lowest BCUT2D eigenvalue weighted by Gasteiger charge is -2.36. The van der Waals surface area contributed by atoms with Gasteiger partial charge in [0, 0.05) is 51.0 Å². The van der Waals surface area contributed by atoms with Crippen LogP contribution in [0, 0.1) is 19.8 Å². The van der Waals surface area contributed by atoms with Crippen LogP contribution in [0.5, 0.6) is 0 Å². The van der Waals surface area contributed by atoms with E-state index in [1.165, 1.54) is 0 Å². The predicted octanol–water partition coefficient (Wildman–Crippen LogP) is 2.55. The molecule has 1 aliphatic rings. The third-order valence-corrected chi connectivity index (χ3v) is 5.35. The minimum atomic E-state index is -0.936. The molecule has 0 bridgehead atoms. The number of aryl methyl sites for hydroxylation is 2. The van der Waals surface area contributed by atoms with Gasteiger partial charge in [0.1, 0.15) is 5.82 Å². The summed E-state index contributed by atoms with van der Waals surface area (Å²) in [7, 11) is 0. The number of piperazine rings is 1. The number of carboxylic acid groups (broad SMARTS) is 1. The highest BCUT2D eigenvalue weighted by Gasteiger charge is 2.27. The maximum atomic E-state index is 12.5. The third-order valence-electron chi connectivity index (χ3n) is 5.35. The van der Waals surface area contributed by atoms with Gasteiger partial charge in [-0.3, -0.25) is 14.5 Å². The summed E-state index contributed by atoms with van der Waals surface area (Å²) < 4.78 is 0. The second-order valence-corrected chi connectivity index (χ2v) is 7.53. The van der Waals surface area contributed by atoms with Crippen LogP contribution >= 0.6 is 0 Å². The molecule has 7 nitrogen and oxygen atoms in total. The molecule has 29 heavy (non-hydrogen) atoms. The van der Waals surface area contributed by atoms with Crippen LogP contribution in [0.25, 0.3) is 0 Å². The number of carboxylic acids is 1. The zero-order chi connectivity index (χ0) is 20.8. The van der Waals surface area contributed by atoms with Gasteiger partial charge in [0.05, 0.1) is 5.92 Å². The quantitative estimate of drug-likeness (QED) is 0.748. The van der Waals surface area contributed by atoms with Crippen molar-refractivity contribution >= 4 is 23.4 Å². The first kappa shape index (κ1) is 20.8. The molecule has 2 N–H and O–H groups in total. The average Bonchev–Trinajstić information content (AvgIpc) is 2.71. The number of rotatable bonds is 7. The second-order valence-electron chi connectivity index (χ2n) is 7.53. The van der Waals surface area contributed by atoms with Gasteiger partial charge in [0.25, 0.3) is 0 Å². The number of hydrogen-bond acceptors (Lipinski definition) is 5. The van der Waals surface area contributed by atoms with E-state index < -0.39 is 11.9 Å². The van der Waals surface area contributed by atoms with E-state index in [-0.39, 0.29) is 12.3 Å². The Morgan fingerprint density at radius 3 is 2.34 bits per heavy atom. The van der Waals surface area contributed by atoms with Crippen LogP contribution in [0.4, 0.5) is 11.5 Å². The van der Waals surface area contributed by atoms with Gasteiger partial charge in [0.15, 0.2) is 0 Å². The van der Waals surface area contributed by atoms with Crippen molar-refractivity contribution in [2.45, 2.75) is 20.3 Å². The largest absolute Gasteiger partial charge is 0.481 e. The first-order valence-electron chi connectivity index (χ1n) is 9.91. The van der Waals surface area contributed by atoms with Gasteiger partial charge in [-0.2, -0.15) is 0 Å². The number of hydrogen-bond donors (Lipinski definition) is 2. The van der Waals surface area contributed by atoms with E-state index in [2.05, 4.69) is 20.1 Å². The number of aliphatic carboxylic acids is 1. The summed E-state index contributed by atoms with van der Waals surface area (Å²) in [5.74, 6) is -0.994. The second kappa shape index (κ2) is 9.52.